The van der Waals surface area contributed by atoms with Gasteiger partial charge in [-0.3, -0.25) is 0 Å². The molecule has 0 aliphatic carbocycles. The van der Waals surface area contributed by atoms with Crippen molar-refractivity contribution >= 4 is 20.5 Å². The maximum atomic E-state index is 11.5. The molecule has 3 heteroatoms. The molecule has 0 radical (unpaired) electrons. The summed E-state index contributed by atoms with van der Waals surface area (Å²) in [6.45, 7) is 15.6. The molecule has 2 nitrogen and oxygen atoms in total. The summed E-state index contributed by atoms with van der Waals surface area (Å²) in [6.07, 6.45) is 12.6. The molecular formula is C44H54N2Ni. The Morgan fingerprint density at radius 3 is 1.38 bits per heavy atom. The van der Waals surface area contributed by atoms with Gasteiger partial charge in [-0.2, -0.15) is 0 Å². The molecule has 0 amide bonds. The molecule has 0 spiro atoms. The van der Waals surface area contributed by atoms with E-state index in [-0.39, 0.29) is 0 Å². The normalized spacial score (nSPS) is 12.7. The zero-order valence-electron chi connectivity index (χ0n) is 29.7. The molecule has 5 rings (SSSR count). The number of rotatable bonds is 13. The van der Waals surface area contributed by atoms with Crippen LogP contribution in [0.25, 0.3) is 16.9 Å². The van der Waals surface area contributed by atoms with Crippen LogP contribution in [0.4, 0.5) is 0 Å². The van der Waals surface area contributed by atoms with Crippen LogP contribution in [0.1, 0.15) is 110 Å². The van der Waals surface area contributed by atoms with Crippen molar-refractivity contribution in [2.45, 2.75) is 106 Å². The molecule has 0 bridgehead atoms. The first kappa shape index (κ1) is 36.3. The fourth-order valence-electron chi connectivity index (χ4n) is 6.41. The molecule has 1 aliphatic heterocycles. The zero-order chi connectivity index (χ0) is 33.8. The predicted molar refractivity (Wildman–Crippen MR) is 199 cm³/mol. The Balaban J connectivity index is 0.000000318. The molecule has 4 aromatic carbocycles. The Bertz CT molecular complexity index is 1610. The van der Waals surface area contributed by atoms with E-state index in [0.717, 1.165) is 54.6 Å². The van der Waals surface area contributed by atoms with Crippen molar-refractivity contribution in [2.75, 3.05) is 0 Å². The van der Waals surface area contributed by atoms with Gasteiger partial charge in [0.25, 0.3) is 0 Å². The van der Waals surface area contributed by atoms with Crippen LogP contribution >= 0.6 is 0 Å². The van der Waals surface area contributed by atoms with Gasteiger partial charge in [-0.1, -0.05) is 40.0 Å². The molecule has 1 aliphatic rings. The van der Waals surface area contributed by atoms with E-state index in [2.05, 4.69) is 127 Å². The second-order valence-electron chi connectivity index (χ2n) is 12.8. The van der Waals surface area contributed by atoms with Crippen LogP contribution in [-0.2, 0) is 27.3 Å². The van der Waals surface area contributed by atoms with E-state index < -0.39 is 0 Å². The Hall–Kier alpha value is -3.55. The molecular weight excluding hydrogens is 615 g/mol. The van der Waals surface area contributed by atoms with E-state index in [1.807, 2.05) is 12.1 Å². The van der Waals surface area contributed by atoms with E-state index in [1.54, 1.807) is 14.4 Å². The van der Waals surface area contributed by atoms with Gasteiger partial charge in [0, 0.05) is 22.8 Å². The number of hydrogen-bond donors (Lipinski definition) is 0. The first-order chi connectivity index (χ1) is 22.8. The first-order valence-corrected chi connectivity index (χ1v) is 18.6. The quantitative estimate of drug-likeness (QED) is 0.100. The summed E-state index contributed by atoms with van der Waals surface area (Å²) in [4.78, 5) is 0. The fraction of sp³-hybridized carbons (Fsp3) is 0.364. The molecule has 47 heavy (non-hydrogen) atoms. The number of hydrogen-bond acceptors (Lipinski definition) is 0. The number of aryl methyl sites for hydroxylation is 4. The van der Waals surface area contributed by atoms with Gasteiger partial charge in [-0.05, 0) is 124 Å². The van der Waals surface area contributed by atoms with Crippen LogP contribution in [0.5, 0.6) is 0 Å². The van der Waals surface area contributed by atoms with Gasteiger partial charge in [-0.25, -0.2) is 4.70 Å². The summed E-state index contributed by atoms with van der Waals surface area (Å²) in [5.41, 5.74) is 25.1. The Morgan fingerprint density at radius 2 is 0.957 bits per heavy atom. The molecule has 0 saturated heterocycles. The average molecular weight is 670 g/mol. The number of unbranched alkanes of at least 4 members (excludes halogenated alkanes) is 3. The van der Waals surface area contributed by atoms with Crippen LogP contribution in [-0.4, -0.2) is 4.70 Å². The monoisotopic (exact) mass is 668 g/mol. The third-order valence-electron chi connectivity index (χ3n) is 8.98. The molecule has 1 heterocycles. The van der Waals surface area contributed by atoms with Crippen molar-refractivity contribution < 1.29 is 19.1 Å². The van der Waals surface area contributed by atoms with Gasteiger partial charge in [0.05, 0.1) is 0 Å². The molecule has 0 unspecified atom stereocenters. The van der Waals surface area contributed by atoms with Crippen molar-refractivity contribution in [2.24, 2.45) is 0 Å². The van der Waals surface area contributed by atoms with Gasteiger partial charge < -0.3 is 5.53 Å². The van der Waals surface area contributed by atoms with E-state index >= 15 is 0 Å². The van der Waals surface area contributed by atoms with Crippen molar-refractivity contribution in [3.8, 4) is 0 Å². The first-order valence-electron chi connectivity index (χ1n) is 17.6. The fourth-order valence-corrected chi connectivity index (χ4v) is 7.44. The van der Waals surface area contributed by atoms with Gasteiger partial charge >= 0.3 is 84.2 Å². The second-order valence-corrected chi connectivity index (χ2v) is 14.2. The zero-order valence-corrected chi connectivity index (χ0v) is 30.7. The number of nitrogens with zero attached hydrogens (tertiary/aromatic N) is 2. The van der Waals surface area contributed by atoms with Crippen molar-refractivity contribution in [1.29, 1.82) is 0 Å². The second kappa shape index (κ2) is 18.1. The van der Waals surface area contributed by atoms with Crippen LogP contribution < -0.4 is 9.07 Å². The van der Waals surface area contributed by atoms with Crippen molar-refractivity contribution in [1.82, 2.24) is 0 Å². The molecule has 250 valence electrons. The minimum atomic E-state index is 0.903. The molecule has 0 saturated carbocycles. The maximum absolute atomic E-state index is 11.5. The summed E-state index contributed by atoms with van der Waals surface area (Å²) in [5, 5.41) is 0. The number of allylic oxidation sites excluding steroid dienone is 2. The molecule has 0 aromatic heterocycles. The van der Waals surface area contributed by atoms with Gasteiger partial charge in [-0.15, -0.1) is 0 Å². The Kier molecular flexibility index (Phi) is 14.0. The summed E-state index contributed by atoms with van der Waals surface area (Å²) in [5.74, 6) is 0. The van der Waals surface area contributed by atoms with Gasteiger partial charge in [0.2, 0.25) is 11.4 Å². The van der Waals surface area contributed by atoms with Crippen LogP contribution in [0.3, 0.4) is 0 Å². The van der Waals surface area contributed by atoms with Gasteiger partial charge in [0.1, 0.15) is 0 Å². The van der Waals surface area contributed by atoms with Crippen molar-refractivity contribution in [3.05, 3.63) is 147 Å². The topological polar surface area (TPSA) is 25.3 Å². The summed E-state index contributed by atoms with van der Waals surface area (Å²) < 4.78 is 4.08. The summed E-state index contributed by atoms with van der Waals surface area (Å²) in [7, 11) is 0. The summed E-state index contributed by atoms with van der Waals surface area (Å²) in [6, 6.07) is 30.0. The third-order valence-corrected chi connectivity index (χ3v) is 10.2. The number of benzene rings is 4. The van der Waals surface area contributed by atoms with E-state index in [1.165, 1.54) is 78.4 Å². The predicted octanol–water partition coefficient (Wildman–Crippen LogP) is 11.3. The Morgan fingerprint density at radius 1 is 0.553 bits per heavy atom. The molecule has 0 N–H and O–H groups in total. The standard InChI is InChI=1S/C32H44N2.2C6H5.Ni/c1-8-11-14-26-21-31(27-17-22(4)29(15-12-9-2)23(5)18-27)34(33)32(26)28-19-24(6)30(16-13-10-3)25(7)20-28;2*1-2-4-6-5-3-1;/h17-21H,8-16H2,1-7H3;2*1-5H;. The molecule has 0 atom stereocenters. The SMILES string of the molecule is CCCCC1=C(c2cc(C)c(CCCC)c(C)c2)[N+](=[N-])C(c2cc(C)c(CCCC)c(C)c2)=C1.c1cc[c]([Ni][c]2ccccc2)cc1. The van der Waals surface area contributed by atoms with E-state index in [4.69, 9.17) is 0 Å². The third kappa shape index (κ3) is 9.74. The minimum absolute atomic E-state index is 0.903. The molecule has 0 fully saturated rings. The Labute approximate surface area is 291 Å². The summed E-state index contributed by atoms with van der Waals surface area (Å²) >= 11 is 1.60. The van der Waals surface area contributed by atoms with Gasteiger partial charge in [0.15, 0.2) is 0 Å². The van der Waals surface area contributed by atoms with Crippen molar-refractivity contribution in [3.63, 3.8) is 0 Å². The van der Waals surface area contributed by atoms with E-state index in [9.17, 15) is 5.53 Å². The van der Waals surface area contributed by atoms with E-state index in [0.29, 0.717) is 0 Å². The average Bonchev–Trinajstić information content (AvgIpc) is 3.39. The molecule has 4 aromatic rings. The van der Waals surface area contributed by atoms with Crippen LogP contribution in [0, 0.1) is 27.7 Å². The van der Waals surface area contributed by atoms with Crippen LogP contribution in [0.2, 0.25) is 0 Å². The van der Waals surface area contributed by atoms with Crippen LogP contribution in [0.15, 0.2) is 96.6 Å².